The van der Waals surface area contributed by atoms with Crippen molar-refractivity contribution in [3.05, 3.63) is 35.4 Å². The summed E-state index contributed by atoms with van der Waals surface area (Å²) in [5.41, 5.74) is 1.65. The summed E-state index contributed by atoms with van der Waals surface area (Å²) in [5.74, 6) is -2.21. The molecule has 0 aliphatic carbocycles. The number of aryl methyl sites for hydroxylation is 1. The molecule has 86 valence electrons. The minimum Gasteiger partial charge on any atom is -0.481 e. The number of carbonyl (C=O) groups excluding carboxylic acids is 1. The first-order valence-corrected chi connectivity index (χ1v) is 5.27. The number of Topliss-reactive ketones (excluding diaryl/α,β-unsaturated/α-hetero) is 1. The van der Waals surface area contributed by atoms with E-state index in [1.807, 2.05) is 19.1 Å². The summed E-state index contributed by atoms with van der Waals surface area (Å²) in [6.07, 6.45) is 0. The summed E-state index contributed by atoms with van der Waals surface area (Å²) in [4.78, 5) is 22.7. The molecule has 3 heteroatoms. The van der Waals surface area contributed by atoms with Crippen molar-refractivity contribution in [1.82, 2.24) is 0 Å². The molecule has 0 fully saturated rings. The Kier molecular flexibility index (Phi) is 3.82. The Morgan fingerprint density at radius 2 is 1.56 bits per heavy atom. The van der Waals surface area contributed by atoms with Crippen molar-refractivity contribution in [2.75, 3.05) is 0 Å². The Balaban J connectivity index is 2.86. The number of carboxylic acid groups (broad SMARTS) is 1. The molecule has 1 rings (SSSR count). The van der Waals surface area contributed by atoms with Gasteiger partial charge in [-0.25, -0.2) is 0 Å². The van der Waals surface area contributed by atoms with Crippen LogP contribution in [0.5, 0.6) is 0 Å². The highest BCUT2D eigenvalue weighted by Crippen LogP contribution is 2.17. The second-order valence-corrected chi connectivity index (χ2v) is 4.15. The number of benzene rings is 1. The van der Waals surface area contributed by atoms with Crippen LogP contribution in [0.3, 0.4) is 0 Å². The molecule has 0 bridgehead atoms. The zero-order chi connectivity index (χ0) is 12.3. The average Bonchev–Trinajstić information content (AvgIpc) is 2.27. The smallest absolute Gasteiger partial charge is 0.306 e. The fourth-order valence-corrected chi connectivity index (χ4v) is 1.42. The largest absolute Gasteiger partial charge is 0.481 e. The summed E-state index contributed by atoms with van der Waals surface area (Å²) in [7, 11) is 0. The number of rotatable bonds is 4. The van der Waals surface area contributed by atoms with Crippen LogP contribution in [0.15, 0.2) is 24.3 Å². The zero-order valence-electron chi connectivity index (χ0n) is 9.73. The van der Waals surface area contributed by atoms with Crippen molar-refractivity contribution in [3.63, 3.8) is 0 Å². The maximum absolute atomic E-state index is 11.9. The molecule has 0 spiro atoms. The third kappa shape index (κ3) is 2.69. The molecule has 0 saturated heterocycles. The van der Waals surface area contributed by atoms with Crippen molar-refractivity contribution in [3.8, 4) is 0 Å². The summed E-state index contributed by atoms with van der Waals surface area (Å²) >= 11 is 0. The average molecular weight is 220 g/mol. The quantitative estimate of drug-likeness (QED) is 0.793. The Bertz CT molecular complexity index is 392. The second kappa shape index (κ2) is 4.92. The van der Waals surface area contributed by atoms with Crippen molar-refractivity contribution in [2.24, 2.45) is 11.8 Å². The van der Waals surface area contributed by atoms with Gasteiger partial charge in [0.2, 0.25) is 0 Å². The SMILES string of the molecule is Cc1ccc(C(=O)[C@@H](C)[C@@H](C)C(=O)O)cc1. The molecule has 0 aromatic heterocycles. The van der Waals surface area contributed by atoms with Crippen LogP contribution in [0.25, 0.3) is 0 Å². The van der Waals surface area contributed by atoms with E-state index in [-0.39, 0.29) is 5.78 Å². The summed E-state index contributed by atoms with van der Waals surface area (Å²) in [5, 5.41) is 8.84. The van der Waals surface area contributed by atoms with Gasteiger partial charge < -0.3 is 5.11 Å². The predicted molar refractivity (Wildman–Crippen MR) is 61.5 cm³/mol. The molecule has 3 nitrogen and oxygen atoms in total. The van der Waals surface area contributed by atoms with Crippen LogP contribution in [0.1, 0.15) is 29.8 Å². The Morgan fingerprint density at radius 1 is 1.06 bits per heavy atom. The maximum atomic E-state index is 11.9. The molecule has 1 aromatic rings. The normalized spacial score (nSPS) is 14.2. The lowest BCUT2D eigenvalue weighted by Crippen LogP contribution is -2.25. The van der Waals surface area contributed by atoms with Gasteiger partial charge in [-0.05, 0) is 6.92 Å². The first kappa shape index (κ1) is 12.4. The topological polar surface area (TPSA) is 54.4 Å². The number of carboxylic acids is 1. The van der Waals surface area contributed by atoms with E-state index in [0.29, 0.717) is 5.56 Å². The van der Waals surface area contributed by atoms with Crippen LogP contribution < -0.4 is 0 Å². The molecular formula is C13H16O3. The van der Waals surface area contributed by atoms with E-state index in [9.17, 15) is 9.59 Å². The first-order chi connectivity index (χ1) is 7.43. The van der Waals surface area contributed by atoms with Gasteiger partial charge in [0.15, 0.2) is 5.78 Å². The van der Waals surface area contributed by atoms with Crippen molar-refractivity contribution < 1.29 is 14.7 Å². The third-order valence-corrected chi connectivity index (χ3v) is 2.89. The molecule has 0 aliphatic rings. The summed E-state index contributed by atoms with van der Waals surface area (Å²) in [6.45, 7) is 5.15. The fourth-order valence-electron chi connectivity index (χ4n) is 1.42. The van der Waals surface area contributed by atoms with Crippen LogP contribution in [0.2, 0.25) is 0 Å². The van der Waals surface area contributed by atoms with Crippen LogP contribution >= 0.6 is 0 Å². The molecular weight excluding hydrogens is 204 g/mol. The lowest BCUT2D eigenvalue weighted by Gasteiger charge is -2.14. The van der Waals surface area contributed by atoms with E-state index in [4.69, 9.17) is 5.11 Å². The van der Waals surface area contributed by atoms with E-state index in [0.717, 1.165) is 5.56 Å². The van der Waals surface area contributed by atoms with E-state index >= 15 is 0 Å². The third-order valence-electron chi connectivity index (χ3n) is 2.89. The van der Waals surface area contributed by atoms with Gasteiger partial charge in [-0.3, -0.25) is 9.59 Å². The van der Waals surface area contributed by atoms with E-state index < -0.39 is 17.8 Å². The van der Waals surface area contributed by atoms with Gasteiger partial charge in [-0.1, -0.05) is 43.7 Å². The highest BCUT2D eigenvalue weighted by molar-refractivity contribution is 5.99. The first-order valence-electron chi connectivity index (χ1n) is 5.27. The van der Waals surface area contributed by atoms with E-state index in [2.05, 4.69) is 0 Å². The minimum atomic E-state index is -0.937. The van der Waals surface area contributed by atoms with Gasteiger partial charge in [0, 0.05) is 11.5 Å². The number of hydrogen-bond donors (Lipinski definition) is 1. The molecule has 0 heterocycles. The van der Waals surface area contributed by atoms with Gasteiger partial charge >= 0.3 is 5.97 Å². The van der Waals surface area contributed by atoms with Gasteiger partial charge in [0.25, 0.3) is 0 Å². The summed E-state index contributed by atoms with van der Waals surface area (Å²) < 4.78 is 0. The van der Waals surface area contributed by atoms with E-state index in [1.54, 1.807) is 26.0 Å². The summed E-state index contributed by atoms with van der Waals surface area (Å²) in [6, 6.07) is 7.18. The highest BCUT2D eigenvalue weighted by Gasteiger charge is 2.26. The molecule has 0 saturated carbocycles. The highest BCUT2D eigenvalue weighted by atomic mass is 16.4. The van der Waals surface area contributed by atoms with Crippen molar-refractivity contribution >= 4 is 11.8 Å². The van der Waals surface area contributed by atoms with Crippen molar-refractivity contribution in [1.29, 1.82) is 0 Å². The molecule has 16 heavy (non-hydrogen) atoms. The van der Waals surface area contributed by atoms with Crippen molar-refractivity contribution in [2.45, 2.75) is 20.8 Å². The van der Waals surface area contributed by atoms with Crippen LogP contribution in [-0.4, -0.2) is 16.9 Å². The van der Waals surface area contributed by atoms with Crippen LogP contribution in [-0.2, 0) is 4.79 Å². The van der Waals surface area contributed by atoms with Gasteiger partial charge in [-0.2, -0.15) is 0 Å². The lowest BCUT2D eigenvalue weighted by molar-refractivity contribution is -0.142. The molecule has 1 aromatic carbocycles. The van der Waals surface area contributed by atoms with Crippen LogP contribution in [0, 0.1) is 18.8 Å². The Labute approximate surface area is 95.1 Å². The number of ketones is 1. The van der Waals surface area contributed by atoms with Gasteiger partial charge in [-0.15, -0.1) is 0 Å². The predicted octanol–water partition coefficient (Wildman–Crippen LogP) is 2.53. The second-order valence-electron chi connectivity index (χ2n) is 4.15. The molecule has 2 atom stereocenters. The number of aliphatic carboxylic acids is 1. The zero-order valence-corrected chi connectivity index (χ0v) is 9.73. The molecule has 1 N–H and O–H groups in total. The fraction of sp³-hybridized carbons (Fsp3) is 0.385. The standard InChI is InChI=1S/C13H16O3/c1-8-4-6-11(7-5-8)12(14)9(2)10(3)13(15)16/h4-7,9-10H,1-3H3,(H,15,16)/t9-,10+/m0/s1. The number of hydrogen-bond acceptors (Lipinski definition) is 2. The number of carbonyl (C=O) groups is 2. The Hall–Kier alpha value is -1.64. The van der Waals surface area contributed by atoms with Gasteiger partial charge in [0.05, 0.1) is 5.92 Å². The molecule has 0 radical (unpaired) electrons. The minimum absolute atomic E-state index is 0.116. The maximum Gasteiger partial charge on any atom is 0.306 e. The molecule has 0 aliphatic heterocycles. The molecule has 0 unspecified atom stereocenters. The van der Waals surface area contributed by atoms with Crippen LogP contribution in [0.4, 0.5) is 0 Å². The van der Waals surface area contributed by atoms with Gasteiger partial charge in [0.1, 0.15) is 0 Å². The van der Waals surface area contributed by atoms with E-state index in [1.165, 1.54) is 0 Å². The lowest BCUT2D eigenvalue weighted by atomic mass is 9.88. The monoisotopic (exact) mass is 220 g/mol. The molecule has 0 amide bonds. The Morgan fingerprint density at radius 3 is 2.00 bits per heavy atom.